The molecule has 0 aliphatic heterocycles. The Labute approximate surface area is 159 Å². The van der Waals surface area contributed by atoms with E-state index in [0.29, 0.717) is 24.2 Å². The van der Waals surface area contributed by atoms with Crippen LogP contribution in [0, 0.1) is 6.92 Å². The molecule has 0 unspecified atom stereocenters. The first-order chi connectivity index (χ1) is 12.8. The summed E-state index contributed by atoms with van der Waals surface area (Å²) in [5.41, 5.74) is 3.88. The van der Waals surface area contributed by atoms with Crippen molar-refractivity contribution < 1.29 is 9.90 Å². The highest BCUT2D eigenvalue weighted by Gasteiger charge is 2.23. The number of fused-ring (bicyclic) bond motifs is 1. The molecule has 0 saturated heterocycles. The monoisotopic (exact) mass is 366 g/mol. The number of phenolic OH excluding ortho intramolecular Hbond substituents is 1. The van der Waals surface area contributed by atoms with E-state index in [1.54, 1.807) is 20.2 Å². The molecule has 0 fully saturated rings. The predicted molar refractivity (Wildman–Crippen MR) is 107 cm³/mol. The van der Waals surface area contributed by atoms with Crippen molar-refractivity contribution in [3.05, 3.63) is 58.9 Å². The molecule has 6 heteroatoms. The third-order valence-corrected chi connectivity index (χ3v) is 4.59. The molecule has 1 amide bonds. The topological polar surface area (TPSA) is 61.6 Å². The van der Waals surface area contributed by atoms with Crippen LogP contribution in [0.25, 0.3) is 11.0 Å². The SMILES string of the molecule is Cc1nc2c(O)cc(C(=O)N(C)C)c(CN(C)C)c2n1Cc1ccccc1. The predicted octanol–water partition coefficient (Wildman–Crippen LogP) is 2.86. The second-order valence-corrected chi connectivity index (χ2v) is 7.29. The number of carbonyl (C=O) groups excluding carboxylic acids is 1. The molecule has 0 aliphatic carbocycles. The first-order valence-corrected chi connectivity index (χ1v) is 8.91. The van der Waals surface area contributed by atoms with E-state index in [0.717, 1.165) is 22.5 Å². The van der Waals surface area contributed by atoms with Gasteiger partial charge in [0.2, 0.25) is 0 Å². The van der Waals surface area contributed by atoms with Crippen LogP contribution in [0.1, 0.15) is 27.3 Å². The molecule has 3 aromatic rings. The molecule has 0 atom stereocenters. The number of nitrogens with zero attached hydrogens (tertiary/aromatic N) is 4. The molecule has 1 N–H and O–H groups in total. The smallest absolute Gasteiger partial charge is 0.253 e. The zero-order chi connectivity index (χ0) is 19.7. The van der Waals surface area contributed by atoms with Gasteiger partial charge in [-0.05, 0) is 32.6 Å². The zero-order valence-electron chi connectivity index (χ0n) is 16.5. The van der Waals surface area contributed by atoms with Crippen LogP contribution < -0.4 is 0 Å². The molecule has 142 valence electrons. The van der Waals surface area contributed by atoms with Crippen molar-refractivity contribution in [3.8, 4) is 5.75 Å². The number of hydrogen-bond donors (Lipinski definition) is 1. The van der Waals surface area contributed by atoms with E-state index in [1.807, 2.05) is 44.1 Å². The van der Waals surface area contributed by atoms with Gasteiger partial charge in [0.1, 0.15) is 17.1 Å². The van der Waals surface area contributed by atoms with Crippen LogP contribution in [0.2, 0.25) is 0 Å². The molecule has 0 aliphatic rings. The number of hydrogen-bond acceptors (Lipinski definition) is 4. The molecule has 27 heavy (non-hydrogen) atoms. The molecule has 0 spiro atoms. The lowest BCUT2D eigenvalue weighted by molar-refractivity contribution is 0.0825. The van der Waals surface area contributed by atoms with Crippen molar-refractivity contribution in [3.63, 3.8) is 0 Å². The number of amides is 1. The van der Waals surface area contributed by atoms with Gasteiger partial charge in [-0.25, -0.2) is 4.98 Å². The van der Waals surface area contributed by atoms with Crippen LogP contribution in [-0.4, -0.2) is 58.6 Å². The maximum absolute atomic E-state index is 12.8. The van der Waals surface area contributed by atoms with Crippen molar-refractivity contribution >= 4 is 16.9 Å². The minimum absolute atomic E-state index is 0.0348. The Bertz CT molecular complexity index is 975. The number of aromatic nitrogens is 2. The molecule has 3 rings (SSSR count). The minimum Gasteiger partial charge on any atom is -0.506 e. The quantitative estimate of drug-likeness (QED) is 0.754. The Hall–Kier alpha value is -2.86. The highest BCUT2D eigenvalue weighted by atomic mass is 16.3. The van der Waals surface area contributed by atoms with E-state index in [-0.39, 0.29) is 11.7 Å². The van der Waals surface area contributed by atoms with Crippen LogP contribution >= 0.6 is 0 Å². The van der Waals surface area contributed by atoms with Crippen LogP contribution in [0.15, 0.2) is 36.4 Å². The highest BCUT2D eigenvalue weighted by molar-refractivity contribution is 6.02. The van der Waals surface area contributed by atoms with E-state index in [1.165, 1.54) is 4.90 Å². The Morgan fingerprint density at radius 3 is 2.41 bits per heavy atom. The van der Waals surface area contributed by atoms with E-state index < -0.39 is 0 Å². The fourth-order valence-electron chi connectivity index (χ4n) is 3.34. The Balaban J connectivity index is 2.29. The van der Waals surface area contributed by atoms with Crippen molar-refractivity contribution in [1.29, 1.82) is 0 Å². The summed E-state index contributed by atoms with van der Waals surface area (Å²) in [6, 6.07) is 11.7. The second-order valence-electron chi connectivity index (χ2n) is 7.29. The second kappa shape index (κ2) is 7.40. The molecular weight excluding hydrogens is 340 g/mol. The fraction of sp³-hybridized carbons (Fsp3) is 0.333. The molecule has 1 aromatic heterocycles. The van der Waals surface area contributed by atoms with Gasteiger partial charge in [-0.1, -0.05) is 30.3 Å². The van der Waals surface area contributed by atoms with Crippen LogP contribution in [0.5, 0.6) is 5.75 Å². The summed E-state index contributed by atoms with van der Waals surface area (Å²) < 4.78 is 2.08. The van der Waals surface area contributed by atoms with E-state index in [9.17, 15) is 9.90 Å². The normalized spacial score (nSPS) is 11.3. The summed E-state index contributed by atoms with van der Waals surface area (Å²) in [6.45, 7) is 3.13. The molecule has 0 radical (unpaired) electrons. The zero-order valence-corrected chi connectivity index (χ0v) is 16.5. The lowest BCUT2D eigenvalue weighted by atomic mass is 10.0. The van der Waals surface area contributed by atoms with Gasteiger partial charge < -0.3 is 19.5 Å². The Morgan fingerprint density at radius 2 is 1.81 bits per heavy atom. The maximum atomic E-state index is 12.8. The molecule has 0 saturated carbocycles. The van der Waals surface area contributed by atoms with Gasteiger partial charge in [0.15, 0.2) is 0 Å². The molecule has 1 heterocycles. The lowest BCUT2D eigenvalue weighted by Gasteiger charge is -2.20. The largest absolute Gasteiger partial charge is 0.506 e. The fourth-order valence-corrected chi connectivity index (χ4v) is 3.34. The summed E-state index contributed by atoms with van der Waals surface area (Å²) in [5, 5.41) is 10.6. The number of aryl methyl sites for hydroxylation is 1. The summed E-state index contributed by atoms with van der Waals surface area (Å²) >= 11 is 0. The number of phenols is 1. The first-order valence-electron chi connectivity index (χ1n) is 8.91. The lowest BCUT2D eigenvalue weighted by Crippen LogP contribution is -2.25. The molecule has 0 bridgehead atoms. The summed E-state index contributed by atoms with van der Waals surface area (Å²) in [6.07, 6.45) is 0. The Kier molecular flexibility index (Phi) is 5.19. The third kappa shape index (κ3) is 3.66. The van der Waals surface area contributed by atoms with Gasteiger partial charge in [0.25, 0.3) is 5.91 Å². The summed E-state index contributed by atoms with van der Waals surface area (Å²) in [4.78, 5) is 20.9. The first kappa shape index (κ1) is 18.9. The standard InChI is InChI=1S/C21H26N4O2/c1-14-22-19-18(26)11-16(21(27)24(4)5)17(13-23(2)3)20(19)25(14)12-15-9-7-6-8-10-15/h6-11,26H,12-13H2,1-5H3. The van der Waals surface area contributed by atoms with Crippen molar-refractivity contribution in [2.45, 2.75) is 20.0 Å². The molecular formula is C21H26N4O2. The highest BCUT2D eigenvalue weighted by Crippen LogP contribution is 2.33. The van der Waals surface area contributed by atoms with Crippen molar-refractivity contribution in [2.75, 3.05) is 28.2 Å². The van der Waals surface area contributed by atoms with Gasteiger partial charge in [0, 0.05) is 38.3 Å². The van der Waals surface area contributed by atoms with E-state index in [4.69, 9.17) is 0 Å². The number of aromatic hydroxyl groups is 1. The Morgan fingerprint density at radius 1 is 1.15 bits per heavy atom. The van der Waals surface area contributed by atoms with Crippen molar-refractivity contribution in [1.82, 2.24) is 19.4 Å². The average Bonchev–Trinajstić information content (AvgIpc) is 2.94. The summed E-state index contributed by atoms with van der Waals surface area (Å²) in [5.74, 6) is 0.709. The molecule has 6 nitrogen and oxygen atoms in total. The maximum Gasteiger partial charge on any atom is 0.253 e. The number of benzene rings is 2. The van der Waals surface area contributed by atoms with Crippen LogP contribution in [0.4, 0.5) is 0 Å². The molecule has 2 aromatic carbocycles. The minimum atomic E-state index is -0.130. The van der Waals surface area contributed by atoms with E-state index in [2.05, 4.69) is 21.7 Å². The van der Waals surface area contributed by atoms with Crippen molar-refractivity contribution in [2.24, 2.45) is 0 Å². The summed E-state index contributed by atoms with van der Waals surface area (Å²) in [7, 11) is 7.37. The van der Waals surface area contributed by atoms with Gasteiger partial charge in [-0.2, -0.15) is 0 Å². The van der Waals surface area contributed by atoms with Crippen LogP contribution in [0.3, 0.4) is 0 Å². The van der Waals surface area contributed by atoms with Gasteiger partial charge >= 0.3 is 0 Å². The number of rotatable bonds is 5. The van der Waals surface area contributed by atoms with Gasteiger partial charge in [0.05, 0.1) is 5.52 Å². The van der Waals surface area contributed by atoms with Gasteiger partial charge in [-0.15, -0.1) is 0 Å². The third-order valence-electron chi connectivity index (χ3n) is 4.59. The number of carbonyl (C=O) groups is 1. The van der Waals surface area contributed by atoms with Crippen LogP contribution in [-0.2, 0) is 13.1 Å². The number of imidazole rings is 1. The average molecular weight is 366 g/mol. The van der Waals surface area contributed by atoms with Gasteiger partial charge in [-0.3, -0.25) is 4.79 Å². The van der Waals surface area contributed by atoms with E-state index >= 15 is 0 Å².